The first kappa shape index (κ1) is 11.2. The van der Waals surface area contributed by atoms with E-state index in [-0.39, 0.29) is 12.3 Å². The fourth-order valence-electron chi connectivity index (χ4n) is 2.37. The lowest BCUT2D eigenvalue weighted by Crippen LogP contribution is -2.25. The Morgan fingerprint density at radius 3 is 2.76 bits per heavy atom. The van der Waals surface area contributed by atoms with Crippen molar-refractivity contribution in [2.75, 3.05) is 6.79 Å². The van der Waals surface area contributed by atoms with Gasteiger partial charge < -0.3 is 15.2 Å². The van der Waals surface area contributed by atoms with Gasteiger partial charge in [-0.2, -0.15) is 0 Å². The maximum atomic E-state index is 6.33. The van der Waals surface area contributed by atoms with Crippen LogP contribution >= 0.6 is 11.6 Å². The zero-order valence-corrected chi connectivity index (χ0v) is 10.6. The van der Waals surface area contributed by atoms with Crippen LogP contribution in [0.1, 0.15) is 30.9 Å². The summed E-state index contributed by atoms with van der Waals surface area (Å²) >= 11 is 6.33. The fourth-order valence-corrected chi connectivity index (χ4v) is 2.65. The molecule has 1 fully saturated rings. The molecule has 0 aromatic heterocycles. The molecule has 1 aromatic rings. The molecule has 0 atom stereocenters. The molecule has 0 radical (unpaired) electrons. The second kappa shape index (κ2) is 3.79. The van der Waals surface area contributed by atoms with Gasteiger partial charge in [0.1, 0.15) is 0 Å². The molecule has 17 heavy (non-hydrogen) atoms. The standard InChI is InChI=1S/C13H16ClNO2/c1-2-8-9(6-13(15)3-4-13)10(14)5-11-12(8)17-7-16-11/h5H,2-4,6-7,15H2,1H3. The van der Waals surface area contributed by atoms with Crippen LogP contribution in [0.3, 0.4) is 0 Å². The van der Waals surface area contributed by atoms with E-state index in [4.69, 9.17) is 26.8 Å². The lowest BCUT2D eigenvalue weighted by molar-refractivity contribution is 0.173. The van der Waals surface area contributed by atoms with Crippen LogP contribution in [0.5, 0.6) is 11.5 Å². The van der Waals surface area contributed by atoms with Gasteiger partial charge in [-0.1, -0.05) is 18.5 Å². The smallest absolute Gasteiger partial charge is 0.231 e. The summed E-state index contributed by atoms with van der Waals surface area (Å²) in [6.07, 6.45) is 3.89. The van der Waals surface area contributed by atoms with Crippen LogP contribution in [0.15, 0.2) is 6.07 Å². The number of benzene rings is 1. The Morgan fingerprint density at radius 1 is 1.35 bits per heavy atom. The second-order valence-corrected chi connectivity index (χ2v) is 5.35. The van der Waals surface area contributed by atoms with Crippen LogP contribution in [0, 0.1) is 0 Å². The first-order valence-electron chi connectivity index (χ1n) is 6.02. The topological polar surface area (TPSA) is 44.5 Å². The normalized spacial score (nSPS) is 19.5. The molecule has 1 aliphatic heterocycles. The molecule has 3 rings (SSSR count). The van der Waals surface area contributed by atoms with E-state index in [1.165, 1.54) is 0 Å². The zero-order chi connectivity index (χ0) is 12.0. The molecule has 4 heteroatoms. The van der Waals surface area contributed by atoms with Crippen molar-refractivity contribution in [2.24, 2.45) is 5.73 Å². The first-order chi connectivity index (χ1) is 8.13. The molecular weight excluding hydrogens is 238 g/mol. The highest BCUT2D eigenvalue weighted by atomic mass is 35.5. The number of nitrogens with two attached hydrogens (primary N) is 1. The van der Waals surface area contributed by atoms with E-state index in [1.54, 1.807) is 0 Å². The molecule has 1 aliphatic carbocycles. The van der Waals surface area contributed by atoms with Gasteiger partial charge in [-0.15, -0.1) is 0 Å². The summed E-state index contributed by atoms with van der Waals surface area (Å²) in [5, 5.41) is 0.753. The Hall–Kier alpha value is -0.930. The van der Waals surface area contributed by atoms with Crippen molar-refractivity contribution in [1.82, 2.24) is 0 Å². The van der Waals surface area contributed by atoms with Gasteiger partial charge in [-0.25, -0.2) is 0 Å². The number of rotatable bonds is 3. The fraction of sp³-hybridized carbons (Fsp3) is 0.538. The third-order valence-corrected chi connectivity index (χ3v) is 3.94. The maximum Gasteiger partial charge on any atom is 0.231 e. The third kappa shape index (κ3) is 1.87. The van der Waals surface area contributed by atoms with E-state index in [1.807, 2.05) is 6.07 Å². The van der Waals surface area contributed by atoms with Crippen molar-refractivity contribution < 1.29 is 9.47 Å². The van der Waals surface area contributed by atoms with Crippen LogP contribution in [0.2, 0.25) is 5.02 Å². The lowest BCUT2D eigenvalue weighted by Gasteiger charge is -2.16. The van der Waals surface area contributed by atoms with E-state index in [9.17, 15) is 0 Å². The lowest BCUT2D eigenvalue weighted by atomic mass is 9.96. The number of fused-ring (bicyclic) bond motifs is 1. The van der Waals surface area contributed by atoms with Gasteiger partial charge in [0.15, 0.2) is 11.5 Å². The van der Waals surface area contributed by atoms with Crippen molar-refractivity contribution in [3.63, 3.8) is 0 Å². The summed E-state index contributed by atoms with van der Waals surface area (Å²) in [5.74, 6) is 1.62. The minimum Gasteiger partial charge on any atom is -0.454 e. The van der Waals surface area contributed by atoms with Crippen LogP contribution in [-0.2, 0) is 12.8 Å². The molecule has 3 nitrogen and oxygen atoms in total. The van der Waals surface area contributed by atoms with Crippen molar-refractivity contribution in [3.8, 4) is 11.5 Å². The summed E-state index contributed by atoms with van der Waals surface area (Å²) in [6, 6.07) is 1.85. The van der Waals surface area contributed by atoms with Gasteiger partial charge in [0.05, 0.1) is 0 Å². The molecule has 1 heterocycles. The van der Waals surface area contributed by atoms with Gasteiger partial charge in [-0.3, -0.25) is 0 Å². The van der Waals surface area contributed by atoms with Gasteiger partial charge >= 0.3 is 0 Å². The Kier molecular flexibility index (Phi) is 2.49. The Labute approximate surface area is 106 Å². The Balaban J connectivity index is 2.06. The SMILES string of the molecule is CCc1c(CC2(N)CC2)c(Cl)cc2c1OCO2. The van der Waals surface area contributed by atoms with Crippen LogP contribution in [-0.4, -0.2) is 12.3 Å². The molecule has 92 valence electrons. The highest BCUT2D eigenvalue weighted by Gasteiger charge is 2.39. The Morgan fingerprint density at radius 2 is 2.12 bits per heavy atom. The predicted octanol–water partition coefficient (Wildman–Crippen LogP) is 2.66. The van der Waals surface area contributed by atoms with Crippen molar-refractivity contribution in [2.45, 2.75) is 38.1 Å². The molecule has 0 amide bonds. The summed E-state index contributed by atoms with van der Waals surface area (Å²) in [4.78, 5) is 0. The average Bonchev–Trinajstić information content (AvgIpc) is 2.84. The van der Waals surface area contributed by atoms with Crippen molar-refractivity contribution in [3.05, 3.63) is 22.2 Å². The monoisotopic (exact) mass is 253 g/mol. The molecule has 0 bridgehead atoms. The van der Waals surface area contributed by atoms with E-state index in [2.05, 4.69) is 6.92 Å². The highest BCUT2D eigenvalue weighted by molar-refractivity contribution is 6.31. The molecule has 0 saturated heterocycles. The third-order valence-electron chi connectivity index (χ3n) is 3.60. The summed E-state index contributed by atoms with van der Waals surface area (Å²) in [5.41, 5.74) is 8.44. The van der Waals surface area contributed by atoms with Gasteiger partial charge in [-0.05, 0) is 31.2 Å². The number of ether oxygens (including phenoxy) is 2. The summed E-state index contributed by atoms with van der Waals surface area (Å²) in [6.45, 7) is 2.39. The largest absolute Gasteiger partial charge is 0.454 e. The zero-order valence-electron chi connectivity index (χ0n) is 9.88. The van der Waals surface area contributed by atoms with Crippen LogP contribution in [0.4, 0.5) is 0 Å². The van der Waals surface area contributed by atoms with E-state index < -0.39 is 0 Å². The number of halogens is 1. The highest BCUT2D eigenvalue weighted by Crippen LogP contribution is 2.45. The predicted molar refractivity (Wildman–Crippen MR) is 66.8 cm³/mol. The molecule has 1 aromatic carbocycles. The van der Waals surface area contributed by atoms with Crippen LogP contribution < -0.4 is 15.2 Å². The molecule has 2 N–H and O–H groups in total. The quantitative estimate of drug-likeness (QED) is 0.901. The van der Waals surface area contributed by atoms with E-state index in [0.29, 0.717) is 0 Å². The second-order valence-electron chi connectivity index (χ2n) is 4.94. The van der Waals surface area contributed by atoms with E-state index >= 15 is 0 Å². The summed E-state index contributed by atoms with van der Waals surface area (Å²) in [7, 11) is 0. The van der Waals surface area contributed by atoms with Gasteiger partial charge in [0.2, 0.25) is 6.79 Å². The van der Waals surface area contributed by atoms with Gasteiger partial charge in [0.25, 0.3) is 0 Å². The van der Waals surface area contributed by atoms with Crippen molar-refractivity contribution >= 4 is 11.6 Å². The maximum absolute atomic E-state index is 6.33. The van der Waals surface area contributed by atoms with E-state index in [0.717, 1.165) is 53.3 Å². The molecule has 2 aliphatic rings. The molecular formula is C13H16ClNO2. The molecule has 0 spiro atoms. The van der Waals surface area contributed by atoms with Crippen LogP contribution in [0.25, 0.3) is 0 Å². The van der Waals surface area contributed by atoms with Crippen molar-refractivity contribution in [1.29, 1.82) is 0 Å². The summed E-state index contributed by atoms with van der Waals surface area (Å²) < 4.78 is 10.9. The number of hydrogen-bond donors (Lipinski definition) is 1. The minimum atomic E-state index is -0.0404. The van der Waals surface area contributed by atoms with Gasteiger partial charge in [0, 0.05) is 22.2 Å². The first-order valence-corrected chi connectivity index (χ1v) is 6.39. The molecule has 1 saturated carbocycles. The number of hydrogen-bond acceptors (Lipinski definition) is 3. The molecule has 0 unspecified atom stereocenters. The Bertz CT molecular complexity index is 469. The minimum absolute atomic E-state index is 0.0404. The average molecular weight is 254 g/mol.